The van der Waals surface area contributed by atoms with Crippen LogP contribution >= 0.6 is 0 Å². The Morgan fingerprint density at radius 1 is 1.58 bits per heavy atom. The summed E-state index contributed by atoms with van der Waals surface area (Å²) in [4.78, 5) is 11.3. The van der Waals surface area contributed by atoms with Crippen molar-refractivity contribution in [3.8, 4) is 12.3 Å². The van der Waals surface area contributed by atoms with Crippen molar-refractivity contribution < 1.29 is 9.53 Å². The summed E-state index contributed by atoms with van der Waals surface area (Å²) in [6, 6.07) is 0. The molecule has 2 heteroatoms. The van der Waals surface area contributed by atoms with Gasteiger partial charge in [-0.1, -0.05) is 0 Å². The van der Waals surface area contributed by atoms with Crippen LogP contribution in [0.3, 0.4) is 0 Å². The van der Waals surface area contributed by atoms with E-state index in [9.17, 15) is 4.79 Å². The lowest BCUT2D eigenvalue weighted by Crippen LogP contribution is -2.12. The van der Waals surface area contributed by atoms with Crippen LogP contribution in [-0.2, 0) is 9.53 Å². The van der Waals surface area contributed by atoms with Gasteiger partial charge < -0.3 is 4.74 Å². The van der Waals surface area contributed by atoms with Gasteiger partial charge in [-0.25, -0.2) is 0 Å². The summed E-state index contributed by atoms with van der Waals surface area (Å²) in [7, 11) is 1.59. The van der Waals surface area contributed by atoms with Crippen molar-refractivity contribution in [3.63, 3.8) is 0 Å². The second-order valence-corrected chi connectivity index (χ2v) is 2.76. The Morgan fingerprint density at radius 3 is 2.92 bits per heavy atom. The van der Waals surface area contributed by atoms with Crippen molar-refractivity contribution in [1.29, 1.82) is 0 Å². The fraction of sp³-hybridized carbons (Fsp3) is 0.500. The Balaban J connectivity index is 2.89. The number of rotatable bonds is 2. The second kappa shape index (κ2) is 3.96. The van der Waals surface area contributed by atoms with Crippen LogP contribution in [0.1, 0.15) is 25.7 Å². The Hall–Kier alpha value is -1.23. The first-order chi connectivity index (χ1) is 5.79. The minimum atomic E-state index is 0.149. The summed E-state index contributed by atoms with van der Waals surface area (Å²) in [5, 5.41) is 0. The van der Waals surface area contributed by atoms with Gasteiger partial charge in [-0.2, -0.15) is 0 Å². The predicted molar refractivity (Wildman–Crippen MR) is 46.3 cm³/mol. The van der Waals surface area contributed by atoms with E-state index in [1.807, 2.05) is 0 Å². The van der Waals surface area contributed by atoms with Gasteiger partial charge in [-0.3, -0.25) is 4.79 Å². The van der Waals surface area contributed by atoms with Gasteiger partial charge >= 0.3 is 0 Å². The Labute approximate surface area is 72.6 Å². The second-order valence-electron chi connectivity index (χ2n) is 2.76. The third kappa shape index (κ3) is 1.68. The molecule has 1 aliphatic carbocycles. The maximum atomic E-state index is 11.3. The molecule has 0 saturated heterocycles. The van der Waals surface area contributed by atoms with Crippen LogP contribution in [0.2, 0.25) is 0 Å². The average Bonchev–Trinajstić information content (AvgIpc) is 2.09. The maximum Gasteiger partial charge on any atom is 0.163 e. The van der Waals surface area contributed by atoms with Crippen molar-refractivity contribution in [2.75, 3.05) is 7.11 Å². The highest BCUT2D eigenvalue weighted by atomic mass is 16.5. The monoisotopic (exact) mass is 164 g/mol. The molecule has 0 atom stereocenters. The number of ether oxygens (including phenoxy) is 1. The third-order valence-corrected chi connectivity index (χ3v) is 2.01. The molecule has 0 radical (unpaired) electrons. The Morgan fingerprint density at radius 2 is 2.33 bits per heavy atom. The number of carbonyl (C=O) groups excluding carboxylic acids is 1. The zero-order valence-corrected chi connectivity index (χ0v) is 7.22. The fourth-order valence-electron chi connectivity index (χ4n) is 1.39. The van der Waals surface area contributed by atoms with Crippen LogP contribution in [0, 0.1) is 12.3 Å². The van der Waals surface area contributed by atoms with Gasteiger partial charge in [-0.15, -0.1) is 12.3 Å². The van der Waals surface area contributed by atoms with Crippen molar-refractivity contribution in [1.82, 2.24) is 0 Å². The molecule has 0 heterocycles. The van der Waals surface area contributed by atoms with E-state index in [1.54, 1.807) is 7.11 Å². The minimum absolute atomic E-state index is 0.149. The number of allylic oxidation sites excluding steroid dienone is 2. The Kier molecular flexibility index (Phi) is 2.93. The molecule has 2 nitrogen and oxygen atoms in total. The molecule has 0 aliphatic heterocycles. The number of methoxy groups -OCH3 is 1. The van der Waals surface area contributed by atoms with Gasteiger partial charge in [0.2, 0.25) is 0 Å². The first-order valence-corrected chi connectivity index (χ1v) is 4.02. The van der Waals surface area contributed by atoms with Crippen molar-refractivity contribution in [2.24, 2.45) is 0 Å². The van der Waals surface area contributed by atoms with Crippen LogP contribution in [0.5, 0.6) is 0 Å². The number of Topliss-reactive ketones (excluding diaryl/α,β-unsaturated/α-hetero) is 1. The van der Waals surface area contributed by atoms with Gasteiger partial charge in [0.25, 0.3) is 0 Å². The van der Waals surface area contributed by atoms with E-state index in [0.717, 1.165) is 18.6 Å². The highest BCUT2D eigenvalue weighted by Gasteiger charge is 2.19. The van der Waals surface area contributed by atoms with Crippen LogP contribution in [0.4, 0.5) is 0 Å². The molecule has 0 aromatic carbocycles. The number of terminal acetylenes is 1. The smallest absolute Gasteiger partial charge is 0.163 e. The summed E-state index contributed by atoms with van der Waals surface area (Å²) in [5.41, 5.74) is 0.700. The van der Waals surface area contributed by atoms with E-state index in [1.165, 1.54) is 0 Å². The molecule has 64 valence electrons. The third-order valence-electron chi connectivity index (χ3n) is 2.01. The zero-order valence-electron chi connectivity index (χ0n) is 7.22. The van der Waals surface area contributed by atoms with Gasteiger partial charge in [0.1, 0.15) is 5.76 Å². The van der Waals surface area contributed by atoms with Crippen molar-refractivity contribution >= 4 is 5.78 Å². The minimum Gasteiger partial charge on any atom is -0.501 e. The lowest BCUT2D eigenvalue weighted by molar-refractivity contribution is -0.116. The van der Waals surface area contributed by atoms with E-state index in [0.29, 0.717) is 18.4 Å². The lowest BCUT2D eigenvalue weighted by atomic mass is 9.94. The maximum absolute atomic E-state index is 11.3. The first kappa shape index (κ1) is 8.86. The molecule has 0 aromatic rings. The summed E-state index contributed by atoms with van der Waals surface area (Å²) in [6.45, 7) is 0. The highest BCUT2D eigenvalue weighted by Crippen LogP contribution is 2.24. The molecular formula is C10H12O2. The molecular weight excluding hydrogens is 152 g/mol. The average molecular weight is 164 g/mol. The largest absolute Gasteiger partial charge is 0.501 e. The molecule has 0 N–H and O–H groups in total. The highest BCUT2D eigenvalue weighted by molar-refractivity contribution is 5.96. The molecule has 0 aromatic heterocycles. The summed E-state index contributed by atoms with van der Waals surface area (Å²) in [6.07, 6.45) is 7.90. The van der Waals surface area contributed by atoms with Gasteiger partial charge in [0, 0.05) is 24.8 Å². The molecule has 12 heavy (non-hydrogen) atoms. The van der Waals surface area contributed by atoms with E-state index >= 15 is 0 Å². The predicted octanol–water partition coefficient (Wildman–Crippen LogP) is 1.66. The van der Waals surface area contributed by atoms with Gasteiger partial charge in [-0.05, 0) is 6.42 Å². The van der Waals surface area contributed by atoms with E-state index in [2.05, 4.69) is 5.92 Å². The van der Waals surface area contributed by atoms with Crippen LogP contribution < -0.4 is 0 Å². The lowest BCUT2D eigenvalue weighted by Gasteiger charge is -2.16. The number of carbonyl (C=O) groups is 1. The molecule has 0 spiro atoms. The van der Waals surface area contributed by atoms with Crippen LogP contribution in [0.25, 0.3) is 0 Å². The quantitative estimate of drug-likeness (QED) is 0.580. The topological polar surface area (TPSA) is 26.3 Å². The summed E-state index contributed by atoms with van der Waals surface area (Å²) in [5.74, 6) is 3.40. The normalized spacial score (nSPS) is 17.5. The van der Waals surface area contributed by atoms with E-state index < -0.39 is 0 Å². The Bertz CT molecular complexity index is 256. The molecule has 0 amide bonds. The fourth-order valence-corrected chi connectivity index (χ4v) is 1.39. The van der Waals surface area contributed by atoms with Crippen molar-refractivity contribution in [3.05, 3.63) is 11.3 Å². The molecule has 1 aliphatic rings. The van der Waals surface area contributed by atoms with Gasteiger partial charge in [0.15, 0.2) is 5.78 Å². The summed E-state index contributed by atoms with van der Waals surface area (Å²) < 4.78 is 5.09. The summed E-state index contributed by atoms with van der Waals surface area (Å²) >= 11 is 0. The molecule has 0 bridgehead atoms. The first-order valence-electron chi connectivity index (χ1n) is 4.02. The number of hydrogen-bond donors (Lipinski definition) is 0. The van der Waals surface area contributed by atoms with E-state index in [4.69, 9.17) is 11.2 Å². The van der Waals surface area contributed by atoms with Crippen LogP contribution in [0.15, 0.2) is 11.3 Å². The van der Waals surface area contributed by atoms with Crippen molar-refractivity contribution in [2.45, 2.75) is 25.7 Å². The SMILES string of the molecule is C#CCC1=C(OC)CCCC1=O. The molecule has 0 fully saturated rings. The standard InChI is InChI=1S/C10H12O2/c1-3-5-8-9(11)6-4-7-10(8)12-2/h1H,4-7H2,2H3. The van der Waals surface area contributed by atoms with Gasteiger partial charge in [0.05, 0.1) is 7.11 Å². The molecule has 0 unspecified atom stereocenters. The van der Waals surface area contributed by atoms with Crippen LogP contribution in [-0.4, -0.2) is 12.9 Å². The zero-order chi connectivity index (χ0) is 8.97. The van der Waals surface area contributed by atoms with E-state index in [-0.39, 0.29) is 5.78 Å². The number of ketones is 1. The number of hydrogen-bond acceptors (Lipinski definition) is 2. The molecule has 1 rings (SSSR count). The molecule has 0 saturated carbocycles.